The lowest BCUT2D eigenvalue weighted by Crippen LogP contribution is -2.52. The molecule has 1 atom stereocenters. The molecule has 1 unspecified atom stereocenters. The highest BCUT2D eigenvalue weighted by molar-refractivity contribution is 5.85. The minimum atomic E-state index is -0.855. The molecule has 21 heavy (non-hydrogen) atoms. The van der Waals surface area contributed by atoms with Gasteiger partial charge in [-0.1, -0.05) is 45.4 Å². The van der Waals surface area contributed by atoms with Crippen molar-refractivity contribution >= 4 is 5.91 Å². The third-order valence-corrected chi connectivity index (χ3v) is 3.91. The predicted octanol–water partition coefficient (Wildman–Crippen LogP) is 3.95. The monoisotopic (exact) mass is 291 g/mol. The number of nitrogens with one attached hydrogen (secondary N) is 1. The molecule has 0 aliphatic heterocycles. The number of hydrogen-bond acceptors (Lipinski definition) is 2. The number of ether oxygens (including phenoxy) is 1. The fourth-order valence-electron chi connectivity index (χ4n) is 1.93. The zero-order chi connectivity index (χ0) is 16.0. The molecule has 0 fully saturated rings. The van der Waals surface area contributed by atoms with Crippen LogP contribution in [0.4, 0.5) is 0 Å². The van der Waals surface area contributed by atoms with E-state index in [4.69, 9.17) is 4.74 Å². The van der Waals surface area contributed by atoms with Crippen LogP contribution in [0.5, 0.6) is 5.75 Å². The topological polar surface area (TPSA) is 38.3 Å². The van der Waals surface area contributed by atoms with Crippen molar-refractivity contribution in [3.05, 3.63) is 29.8 Å². The van der Waals surface area contributed by atoms with Crippen LogP contribution < -0.4 is 10.1 Å². The van der Waals surface area contributed by atoms with Gasteiger partial charge in [0, 0.05) is 12.5 Å². The molecule has 0 saturated carbocycles. The molecule has 118 valence electrons. The van der Waals surface area contributed by atoms with E-state index in [1.165, 1.54) is 5.56 Å². The highest BCUT2D eigenvalue weighted by Gasteiger charge is 2.38. The second-order valence-electron chi connectivity index (χ2n) is 6.62. The SMILES string of the molecule is Cc1ccc(OC(C)(C(=O)NCCC(C)C)C(C)C)cc1. The summed E-state index contributed by atoms with van der Waals surface area (Å²) in [5, 5.41) is 3.00. The Bertz CT molecular complexity index is 451. The average molecular weight is 291 g/mol. The predicted molar refractivity (Wildman–Crippen MR) is 87.5 cm³/mol. The summed E-state index contributed by atoms with van der Waals surface area (Å²) in [5.41, 5.74) is 0.321. The summed E-state index contributed by atoms with van der Waals surface area (Å²) in [5.74, 6) is 1.35. The molecule has 1 aromatic carbocycles. The van der Waals surface area contributed by atoms with Crippen LogP contribution in [0, 0.1) is 18.8 Å². The molecule has 0 saturated heterocycles. The Hall–Kier alpha value is -1.51. The van der Waals surface area contributed by atoms with E-state index in [0.717, 1.165) is 12.2 Å². The number of aryl methyl sites for hydroxylation is 1. The van der Waals surface area contributed by atoms with Crippen LogP contribution in [0.2, 0.25) is 0 Å². The number of carbonyl (C=O) groups is 1. The van der Waals surface area contributed by atoms with E-state index in [9.17, 15) is 4.79 Å². The average Bonchev–Trinajstić information content (AvgIpc) is 2.40. The first-order chi connectivity index (χ1) is 9.75. The molecule has 0 aliphatic carbocycles. The number of amides is 1. The van der Waals surface area contributed by atoms with Crippen LogP contribution in [-0.2, 0) is 4.79 Å². The van der Waals surface area contributed by atoms with E-state index < -0.39 is 5.60 Å². The number of rotatable bonds is 7. The van der Waals surface area contributed by atoms with Crippen molar-refractivity contribution in [2.24, 2.45) is 11.8 Å². The standard InChI is InChI=1S/C18H29NO2/c1-13(2)11-12-19-17(20)18(6,14(3)4)21-16-9-7-15(5)8-10-16/h7-10,13-14H,11-12H2,1-6H3,(H,19,20). The van der Waals surface area contributed by atoms with Gasteiger partial charge in [-0.25, -0.2) is 0 Å². The Labute approximate surface area is 129 Å². The van der Waals surface area contributed by atoms with Gasteiger partial charge in [0.25, 0.3) is 5.91 Å². The fraction of sp³-hybridized carbons (Fsp3) is 0.611. The molecule has 1 aromatic rings. The second-order valence-corrected chi connectivity index (χ2v) is 6.62. The highest BCUT2D eigenvalue weighted by Crippen LogP contribution is 2.26. The maximum absolute atomic E-state index is 12.5. The van der Waals surface area contributed by atoms with Crippen LogP contribution in [0.15, 0.2) is 24.3 Å². The Morgan fingerprint density at radius 2 is 1.76 bits per heavy atom. The van der Waals surface area contributed by atoms with Gasteiger partial charge in [0.15, 0.2) is 5.60 Å². The first-order valence-corrected chi connectivity index (χ1v) is 7.79. The molecule has 0 radical (unpaired) electrons. The third kappa shape index (κ3) is 5.07. The van der Waals surface area contributed by atoms with Crippen molar-refractivity contribution in [2.45, 2.75) is 53.6 Å². The molecule has 0 spiro atoms. The van der Waals surface area contributed by atoms with Crippen molar-refractivity contribution in [3.63, 3.8) is 0 Å². The summed E-state index contributed by atoms with van der Waals surface area (Å²) in [6, 6.07) is 7.81. The number of benzene rings is 1. The molecule has 0 bridgehead atoms. The van der Waals surface area contributed by atoms with Crippen molar-refractivity contribution in [1.82, 2.24) is 5.32 Å². The third-order valence-electron chi connectivity index (χ3n) is 3.91. The van der Waals surface area contributed by atoms with Crippen molar-refractivity contribution in [3.8, 4) is 5.75 Å². The highest BCUT2D eigenvalue weighted by atomic mass is 16.5. The zero-order valence-electron chi connectivity index (χ0n) is 14.2. The largest absolute Gasteiger partial charge is 0.477 e. The zero-order valence-corrected chi connectivity index (χ0v) is 14.2. The molecule has 1 rings (SSSR count). The molecular weight excluding hydrogens is 262 g/mol. The second kappa shape index (κ2) is 7.48. The Morgan fingerprint density at radius 3 is 2.24 bits per heavy atom. The molecule has 3 heteroatoms. The van der Waals surface area contributed by atoms with Crippen LogP contribution in [-0.4, -0.2) is 18.1 Å². The summed E-state index contributed by atoms with van der Waals surface area (Å²) in [6.07, 6.45) is 0.977. The summed E-state index contributed by atoms with van der Waals surface area (Å²) < 4.78 is 6.03. The van der Waals surface area contributed by atoms with Gasteiger partial charge >= 0.3 is 0 Å². The maximum Gasteiger partial charge on any atom is 0.264 e. The van der Waals surface area contributed by atoms with Gasteiger partial charge in [-0.2, -0.15) is 0 Å². The van der Waals surface area contributed by atoms with Gasteiger partial charge in [-0.05, 0) is 38.3 Å². The van der Waals surface area contributed by atoms with E-state index in [2.05, 4.69) is 19.2 Å². The van der Waals surface area contributed by atoms with Crippen LogP contribution in [0.1, 0.15) is 46.6 Å². The minimum Gasteiger partial charge on any atom is -0.477 e. The van der Waals surface area contributed by atoms with Crippen molar-refractivity contribution in [2.75, 3.05) is 6.54 Å². The molecule has 3 nitrogen and oxygen atoms in total. The van der Waals surface area contributed by atoms with Crippen molar-refractivity contribution in [1.29, 1.82) is 0 Å². The minimum absolute atomic E-state index is 0.0428. The quantitative estimate of drug-likeness (QED) is 0.826. The first-order valence-electron chi connectivity index (χ1n) is 7.79. The Kier molecular flexibility index (Phi) is 6.25. The van der Waals surface area contributed by atoms with Crippen LogP contribution in [0.3, 0.4) is 0 Å². The van der Waals surface area contributed by atoms with E-state index >= 15 is 0 Å². The van der Waals surface area contributed by atoms with Gasteiger partial charge in [0.1, 0.15) is 5.75 Å². The lowest BCUT2D eigenvalue weighted by molar-refractivity contribution is -0.139. The summed E-state index contributed by atoms with van der Waals surface area (Å²) >= 11 is 0. The van der Waals surface area contributed by atoms with E-state index in [0.29, 0.717) is 12.5 Å². The van der Waals surface area contributed by atoms with Gasteiger partial charge in [-0.15, -0.1) is 0 Å². The lowest BCUT2D eigenvalue weighted by atomic mass is 9.91. The molecule has 0 aromatic heterocycles. The van der Waals surface area contributed by atoms with Crippen LogP contribution in [0.25, 0.3) is 0 Å². The van der Waals surface area contributed by atoms with E-state index in [1.54, 1.807) is 0 Å². The first kappa shape index (κ1) is 17.5. The van der Waals surface area contributed by atoms with Gasteiger partial charge < -0.3 is 10.1 Å². The molecule has 1 N–H and O–H groups in total. The summed E-state index contributed by atoms with van der Waals surface area (Å²) in [4.78, 5) is 12.5. The van der Waals surface area contributed by atoms with Gasteiger partial charge in [-0.3, -0.25) is 4.79 Å². The van der Waals surface area contributed by atoms with E-state index in [1.807, 2.05) is 52.0 Å². The summed E-state index contributed by atoms with van der Waals surface area (Å²) in [7, 11) is 0. The van der Waals surface area contributed by atoms with Crippen LogP contribution >= 0.6 is 0 Å². The fourth-order valence-corrected chi connectivity index (χ4v) is 1.93. The van der Waals surface area contributed by atoms with Crippen molar-refractivity contribution < 1.29 is 9.53 Å². The molecule has 0 aliphatic rings. The van der Waals surface area contributed by atoms with E-state index in [-0.39, 0.29) is 11.8 Å². The molecule has 1 amide bonds. The maximum atomic E-state index is 12.5. The lowest BCUT2D eigenvalue weighted by Gasteiger charge is -2.33. The Balaban J connectivity index is 2.77. The number of carbonyl (C=O) groups excluding carboxylic acids is 1. The molecular formula is C18H29NO2. The summed E-state index contributed by atoms with van der Waals surface area (Å²) in [6.45, 7) is 12.9. The Morgan fingerprint density at radius 1 is 1.19 bits per heavy atom. The van der Waals surface area contributed by atoms with Gasteiger partial charge in [0.2, 0.25) is 0 Å². The normalized spacial score (nSPS) is 14.1. The number of hydrogen-bond donors (Lipinski definition) is 1. The smallest absolute Gasteiger partial charge is 0.264 e. The molecule has 0 heterocycles. The van der Waals surface area contributed by atoms with Gasteiger partial charge in [0.05, 0.1) is 0 Å².